The van der Waals surface area contributed by atoms with Crippen molar-refractivity contribution in [2.24, 2.45) is 5.73 Å². The summed E-state index contributed by atoms with van der Waals surface area (Å²) < 4.78 is 0. The molecule has 0 aromatic heterocycles. The number of aliphatic hydroxyl groups excluding tert-OH is 3. The zero-order valence-electron chi connectivity index (χ0n) is 27.4. The number of amides is 2. The van der Waals surface area contributed by atoms with Crippen molar-refractivity contribution in [1.82, 2.24) is 36.4 Å². The van der Waals surface area contributed by atoms with E-state index in [0.29, 0.717) is 52.4 Å². The molecule has 0 rings (SSSR count). The van der Waals surface area contributed by atoms with E-state index < -0.39 is 0 Å². The van der Waals surface area contributed by atoms with E-state index in [2.05, 4.69) is 56.9 Å². The predicted molar refractivity (Wildman–Crippen MR) is 183 cm³/mol. The van der Waals surface area contributed by atoms with E-state index in [4.69, 9.17) is 5.73 Å². The molecule has 0 heterocycles. The second-order valence-corrected chi connectivity index (χ2v) is 11.3. The number of nitrogens with zero attached hydrogens (tertiary/aromatic N) is 2. The molecule has 0 aromatic carbocycles. The zero-order chi connectivity index (χ0) is 32.1. The number of hydrogen-bond donors (Lipinski definition) is 9. The van der Waals surface area contributed by atoms with Crippen LogP contribution < -0.4 is 32.3 Å². The Hall–Kier alpha value is -1.23. The van der Waals surface area contributed by atoms with Gasteiger partial charge in [-0.05, 0) is 0 Å². The Balaban J connectivity index is 3.86. The highest BCUT2D eigenvalue weighted by Crippen LogP contribution is 2.02. The fourth-order valence-electron chi connectivity index (χ4n) is 4.78. The quantitative estimate of drug-likeness (QED) is 0.0210. The van der Waals surface area contributed by atoms with Gasteiger partial charge in [0.2, 0.25) is 11.8 Å². The molecule has 0 aliphatic rings. The smallest absolute Gasteiger partial charge is 0.229 e. The molecule has 0 spiro atoms. The molecule has 0 aliphatic heterocycles. The second-order valence-electron chi connectivity index (χ2n) is 11.3. The Bertz CT molecular complexity index is 664. The van der Waals surface area contributed by atoms with Crippen molar-refractivity contribution >= 4 is 33.7 Å². The molecule has 16 heteroatoms. The predicted octanol–water partition coefficient (Wildman–Crippen LogP) is -4.27. The summed E-state index contributed by atoms with van der Waals surface area (Å²) in [4.78, 5) is 28.3. The summed E-state index contributed by atoms with van der Waals surface area (Å²) in [5.41, 5.74) is 5.67. The highest BCUT2D eigenvalue weighted by molar-refractivity contribution is 6.34. The number of carbonyl (C=O) groups is 2. The van der Waals surface area contributed by atoms with E-state index in [0.717, 1.165) is 86.6 Å². The third-order valence-corrected chi connectivity index (χ3v) is 6.98. The van der Waals surface area contributed by atoms with Crippen molar-refractivity contribution < 1.29 is 24.9 Å². The van der Waals surface area contributed by atoms with Gasteiger partial charge in [0, 0.05) is 98.2 Å². The van der Waals surface area contributed by atoms with Gasteiger partial charge >= 0.3 is 0 Å². The summed E-state index contributed by atoms with van der Waals surface area (Å²) in [5.74, 6) is -0.605. The molecule has 43 heavy (non-hydrogen) atoms. The average Bonchev–Trinajstić information content (AvgIpc) is 2.94. The molecule has 10 N–H and O–H groups in total. The first kappa shape index (κ1) is 41.8. The lowest BCUT2D eigenvalue weighted by molar-refractivity contribution is -0.129. The summed E-state index contributed by atoms with van der Waals surface area (Å²) in [7, 11) is 2.82. The average molecular weight is 612 g/mol. The number of aliphatic hydroxyl groups is 3. The van der Waals surface area contributed by atoms with Gasteiger partial charge in [0.15, 0.2) is 0 Å². The number of rotatable bonds is 31. The van der Waals surface area contributed by atoms with Gasteiger partial charge in [0.05, 0.1) is 18.3 Å². The second kappa shape index (κ2) is 29.5. The van der Waals surface area contributed by atoms with Gasteiger partial charge in [-0.3, -0.25) is 19.4 Å². The van der Waals surface area contributed by atoms with E-state index in [1.807, 2.05) is 0 Å². The summed E-state index contributed by atoms with van der Waals surface area (Å²) >= 11 is 0. The number of nitrogens with one attached hydrogen (secondary N) is 5. The lowest BCUT2D eigenvalue weighted by Gasteiger charge is -2.27. The molecule has 0 saturated carbocycles. The lowest BCUT2D eigenvalue weighted by atomic mass is 9.75. The Morgan fingerprint density at radius 3 is 1.40 bits per heavy atom. The molecule has 2 amide bonds. The van der Waals surface area contributed by atoms with Crippen LogP contribution in [-0.4, -0.2) is 175 Å². The minimum Gasteiger partial charge on any atom is -0.393 e. The number of carbonyl (C=O) groups excluding carboxylic acids is 2. The normalized spacial score (nSPS) is 13.5. The molecule has 0 aromatic rings. The first-order valence-corrected chi connectivity index (χ1v) is 16.6. The topological polar surface area (TPSA) is 187 Å². The third-order valence-electron chi connectivity index (χ3n) is 6.98. The minimum atomic E-state index is -0.371. The van der Waals surface area contributed by atoms with Crippen molar-refractivity contribution in [3.8, 4) is 0 Å². The van der Waals surface area contributed by atoms with Crippen LogP contribution in [0.2, 0.25) is 39.4 Å². The first-order chi connectivity index (χ1) is 20.7. The SMILES string of the molecule is CBCC(O)CN(CCN)CCNCCNC(=O)CC(=O)NCCNCCNCCN(CC(O)CBC)CC(O)CBC. The van der Waals surface area contributed by atoms with Crippen LogP contribution in [0.4, 0.5) is 0 Å². The Morgan fingerprint density at radius 2 is 0.977 bits per heavy atom. The summed E-state index contributed by atoms with van der Waals surface area (Å²) in [6, 6.07) is 0. The van der Waals surface area contributed by atoms with E-state index in [1.165, 1.54) is 0 Å². The molecular formula is C27H63B3N8O5. The fourth-order valence-corrected chi connectivity index (χ4v) is 4.78. The van der Waals surface area contributed by atoms with Gasteiger partial charge in [-0.25, -0.2) is 0 Å². The largest absolute Gasteiger partial charge is 0.393 e. The molecule has 0 aliphatic carbocycles. The van der Waals surface area contributed by atoms with E-state index in [9.17, 15) is 24.9 Å². The number of hydrogen-bond acceptors (Lipinski definition) is 11. The van der Waals surface area contributed by atoms with Crippen molar-refractivity contribution in [2.75, 3.05) is 98.2 Å². The van der Waals surface area contributed by atoms with Crippen LogP contribution in [0, 0.1) is 0 Å². The Labute approximate surface area is 263 Å². The highest BCUT2D eigenvalue weighted by atomic mass is 16.3. The standard InChI is InChI=1S/C27H63B3N8O5/c1-28-17-23(39)20-37(13-4-31)14-11-34-8-10-36-27(43)16-26(42)35-9-7-32-5-6-33-12-15-38(21-24(40)18-29-2)22-25(41)19-30-3/h23-25,28-30,32-34,39-41H,4-22,31H2,1-3H3,(H,35,42)(H,36,43). The van der Waals surface area contributed by atoms with Crippen molar-refractivity contribution in [2.45, 2.75) is 64.2 Å². The molecule has 0 radical (unpaired) electrons. The Morgan fingerprint density at radius 1 is 0.605 bits per heavy atom. The molecule has 0 saturated heterocycles. The molecule has 3 atom stereocenters. The van der Waals surface area contributed by atoms with Crippen LogP contribution in [0.1, 0.15) is 6.42 Å². The molecular weight excluding hydrogens is 549 g/mol. The highest BCUT2D eigenvalue weighted by Gasteiger charge is 2.15. The van der Waals surface area contributed by atoms with Gasteiger partial charge in [-0.2, -0.15) is 0 Å². The van der Waals surface area contributed by atoms with Crippen molar-refractivity contribution in [3.63, 3.8) is 0 Å². The maximum absolute atomic E-state index is 12.0. The molecule has 3 unspecified atom stereocenters. The summed E-state index contributed by atoms with van der Waals surface area (Å²) in [6.45, 7) is 15.8. The summed E-state index contributed by atoms with van der Waals surface area (Å²) in [6.07, 6.45) is 1.03. The molecule has 13 nitrogen and oxygen atoms in total. The lowest BCUT2D eigenvalue weighted by Crippen LogP contribution is -2.43. The van der Waals surface area contributed by atoms with Gasteiger partial charge in [-0.1, -0.05) is 39.4 Å². The maximum atomic E-state index is 12.0. The molecule has 250 valence electrons. The van der Waals surface area contributed by atoms with Crippen LogP contribution in [-0.2, 0) is 9.59 Å². The maximum Gasteiger partial charge on any atom is 0.229 e. The van der Waals surface area contributed by atoms with E-state index in [1.54, 1.807) is 0 Å². The molecule has 0 fully saturated rings. The van der Waals surface area contributed by atoms with Gasteiger partial charge < -0.3 is 47.6 Å². The van der Waals surface area contributed by atoms with Crippen LogP contribution in [0.5, 0.6) is 0 Å². The first-order valence-electron chi connectivity index (χ1n) is 16.6. The van der Waals surface area contributed by atoms with Crippen LogP contribution in [0.15, 0.2) is 0 Å². The van der Waals surface area contributed by atoms with Gasteiger partial charge in [0.25, 0.3) is 0 Å². The fraction of sp³-hybridized carbons (Fsp3) is 0.926. The van der Waals surface area contributed by atoms with E-state index >= 15 is 0 Å². The van der Waals surface area contributed by atoms with Crippen LogP contribution in [0.25, 0.3) is 0 Å². The molecule has 0 bridgehead atoms. The minimum absolute atomic E-state index is 0.197. The zero-order valence-corrected chi connectivity index (χ0v) is 27.4. The Kier molecular flexibility index (Phi) is 28.6. The van der Waals surface area contributed by atoms with Crippen molar-refractivity contribution in [1.29, 1.82) is 0 Å². The van der Waals surface area contributed by atoms with Crippen molar-refractivity contribution in [3.05, 3.63) is 0 Å². The van der Waals surface area contributed by atoms with Crippen LogP contribution >= 0.6 is 0 Å². The third kappa shape index (κ3) is 26.9. The van der Waals surface area contributed by atoms with Gasteiger partial charge in [-0.15, -0.1) is 0 Å². The number of nitrogens with two attached hydrogens (primary N) is 1. The van der Waals surface area contributed by atoms with Gasteiger partial charge in [0.1, 0.15) is 28.3 Å². The van der Waals surface area contributed by atoms with E-state index in [-0.39, 0.29) is 36.5 Å². The van der Waals surface area contributed by atoms with Crippen LogP contribution in [0.3, 0.4) is 0 Å². The summed E-state index contributed by atoms with van der Waals surface area (Å²) in [5, 5.41) is 45.8. The monoisotopic (exact) mass is 613 g/mol.